The summed E-state index contributed by atoms with van der Waals surface area (Å²) in [6.45, 7) is 0. The fraction of sp³-hybridized carbons (Fsp3) is 0.0625. The van der Waals surface area contributed by atoms with Gasteiger partial charge in [-0.3, -0.25) is 4.98 Å². The van der Waals surface area contributed by atoms with Crippen LogP contribution in [0.3, 0.4) is 0 Å². The lowest BCUT2D eigenvalue weighted by Gasteiger charge is -2.05. The first-order chi connectivity index (χ1) is 10.3. The van der Waals surface area contributed by atoms with Crippen LogP contribution in [0.5, 0.6) is 5.88 Å². The normalized spacial score (nSPS) is 10.5. The van der Waals surface area contributed by atoms with Crippen molar-refractivity contribution in [2.75, 3.05) is 0 Å². The smallest absolute Gasteiger partial charge is 0.215 e. The second-order valence-corrected chi connectivity index (χ2v) is 5.35. The SMILES string of the molecule is Oc1cc(-c2ccccc2)nc(SCc2cccnc2)n1. The largest absolute Gasteiger partial charge is 0.493 e. The number of aromatic nitrogens is 3. The van der Waals surface area contributed by atoms with E-state index in [0.29, 0.717) is 10.9 Å². The summed E-state index contributed by atoms with van der Waals surface area (Å²) in [5, 5.41) is 10.3. The molecule has 0 aliphatic rings. The highest BCUT2D eigenvalue weighted by atomic mass is 32.2. The number of aromatic hydroxyl groups is 1. The highest BCUT2D eigenvalue weighted by Gasteiger charge is 2.07. The molecule has 0 spiro atoms. The van der Waals surface area contributed by atoms with Gasteiger partial charge in [-0.05, 0) is 11.6 Å². The minimum absolute atomic E-state index is 0.0162. The summed E-state index contributed by atoms with van der Waals surface area (Å²) in [5.74, 6) is 0.698. The summed E-state index contributed by atoms with van der Waals surface area (Å²) in [6, 6.07) is 15.2. The maximum atomic E-state index is 9.78. The van der Waals surface area contributed by atoms with Gasteiger partial charge >= 0.3 is 0 Å². The molecule has 104 valence electrons. The van der Waals surface area contributed by atoms with Gasteiger partial charge in [0.15, 0.2) is 5.16 Å². The maximum absolute atomic E-state index is 9.78. The van der Waals surface area contributed by atoms with Crippen LogP contribution < -0.4 is 0 Å². The van der Waals surface area contributed by atoms with Crippen molar-refractivity contribution < 1.29 is 5.11 Å². The number of rotatable bonds is 4. The molecule has 0 saturated heterocycles. The van der Waals surface area contributed by atoms with Gasteiger partial charge in [0, 0.05) is 29.8 Å². The summed E-state index contributed by atoms with van der Waals surface area (Å²) in [4.78, 5) is 12.6. The highest BCUT2D eigenvalue weighted by Crippen LogP contribution is 2.25. The van der Waals surface area contributed by atoms with Crippen LogP contribution in [0.4, 0.5) is 0 Å². The monoisotopic (exact) mass is 295 g/mol. The number of nitrogens with zero attached hydrogens (tertiary/aromatic N) is 3. The molecule has 0 fully saturated rings. The predicted octanol–water partition coefficient (Wildman–Crippen LogP) is 3.54. The lowest BCUT2D eigenvalue weighted by atomic mass is 10.1. The van der Waals surface area contributed by atoms with Crippen molar-refractivity contribution in [2.24, 2.45) is 0 Å². The zero-order valence-corrected chi connectivity index (χ0v) is 12.0. The molecule has 0 saturated carbocycles. The lowest BCUT2D eigenvalue weighted by molar-refractivity contribution is 0.446. The van der Waals surface area contributed by atoms with Crippen LogP contribution in [0.1, 0.15) is 5.56 Å². The number of hydrogen-bond donors (Lipinski definition) is 1. The fourth-order valence-electron chi connectivity index (χ4n) is 1.87. The summed E-state index contributed by atoms with van der Waals surface area (Å²) >= 11 is 1.47. The molecule has 0 bridgehead atoms. The molecule has 21 heavy (non-hydrogen) atoms. The predicted molar refractivity (Wildman–Crippen MR) is 82.9 cm³/mol. The van der Waals surface area contributed by atoms with E-state index in [2.05, 4.69) is 15.0 Å². The third-order valence-electron chi connectivity index (χ3n) is 2.85. The maximum Gasteiger partial charge on any atom is 0.215 e. The van der Waals surface area contributed by atoms with E-state index in [9.17, 15) is 5.11 Å². The molecule has 5 heteroatoms. The Kier molecular flexibility index (Phi) is 4.12. The van der Waals surface area contributed by atoms with Crippen molar-refractivity contribution in [1.29, 1.82) is 0 Å². The lowest BCUT2D eigenvalue weighted by Crippen LogP contribution is -1.92. The summed E-state index contributed by atoms with van der Waals surface area (Å²) in [6.07, 6.45) is 3.56. The van der Waals surface area contributed by atoms with E-state index in [1.807, 2.05) is 48.7 Å². The van der Waals surface area contributed by atoms with Gasteiger partial charge in [0.2, 0.25) is 5.88 Å². The highest BCUT2D eigenvalue weighted by molar-refractivity contribution is 7.98. The second-order valence-electron chi connectivity index (χ2n) is 4.41. The molecule has 0 unspecified atom stereocenters. The zero-order valence-electron chi connectivity index (χ0n) is 11.2. The summed E-state index contributed by atoms with van der Waals surface area (Å²) in [7, 11) is 0. The van der Waals surface area contributed by atoms with Gasteiger partial charge in [0.05, 0.1) is 5.69 Å². The van der Waals surface area contributed by atoms with Gasteiger partial charge in [0.1, 0.15) is 0 Å². The van der Waals surface area contributed by atoms with E-state index >= 15 is 0 Å². The molecular formula is C16H13N3OS. The molecule has 2 heterocycles. The Hall–Kier alpha value is -2.40. The van der Waals surface area contributed by atoms with Gasteiger partial charge in [-0.1, -0.05) is 48.2 Å². The van der Waals surface area contributed by atoms with E-state index in [0.717, 1.165) is 16.8 Å². The minimum atomic E-state index is -0.0162. The molecule has 4 nitrogen and oxygen atoms in total. The van der Waals surface area contributed by atoms with Gasteiger partial charge in [-0.2, -0.15) is 4.98 Å². The topological polar surface area (TPSA) is 58.9 Å². The van der Waals surface area contributed by atoms with Gasteiger partial charge in [-0.15, -0.1) is 0 Å². The average molecular weight is 295 g/mol. The number of hydrogen-bond acceptors (Lipinski definition) is 5. The standard InChI is InChI=1S/C16H13N3OS/c20-15-9-14(13-6-2-1-3-7-13)18-16(19-15)21-11-12-5-4-8-17-10-12/h1-10H,11H2,(H,18,19,20). The Bertz CT molecular complexity index is 720. The quantitative estimate of drug-likeness (QED) is 0.589. The van der Waals surface area contributed by atoms with Crippen LogP contribution in [0, 0.1) is 0 Å². The molecule has 0 radical (unpaired) electrons. The van der Waals surface area contributed by atoms with Crippen molar-refractivity contribution in [2.45, 2.75) is 10.9 Å². The first kappa shape index (κ1) is 13.6. The van der Waals surface area contributed by atoms with Gasteiger partial charge < -0.3 is 5.11 Å². The Morgan fingerprint density at radius 3 is 2.62 bits per heavy atom. The zero-order chi connectivity index (χ0) is 14.5. The van der Waals surface area contributed by atoms with Gasteiger partial charge in [0.25, 0.3) is 0 Å². The van der Waals surface area contributed by atoms with E-state index in [1.165, 1.54) is 11.8 Å². The first-order valence-corrected chi connectivity index (χ1v) is 7.45. The Morgan fingerprint density at radius 1 is 1.00 bits per heavy atom. The van der Waals surface area contributed by atoms with Crippen molar-refractivity contribution in [3.05, 3.63) is 66.5 Å². The molecular weight excluding hydrogens is 282 g/mol. The van der Waals surface area contributed by atoms with Crippen LogP contribution in [0.15, 0.2) is 66.1 Å². The molecule has 0 aliphatic carbocycles. The molecule has 1 aromatic carbocycles. The van der Waals surface area contributed by atoms with Crippen LogP contribution in [0.25, 0.3) is 11.3 Å². The Labute approximate surface area is 126 Å². The second kappa shape index (κ2) is 6.37. The van der Waals surface area contributed by atoms with Crippen molar-refractivity contribution in [1.82, 2.24) is 15.0 Å². The molecule has 0 aliphatic heterocycles. The molecule has 0 amide bonds. The molecule has 0 atom stereocenters. The minimum Gasteiger partial charge on any atom is -0.493 e. The van der Waals surface area contributed by atoms with Crippen LogP contribution in [0.2, 0.25) is 0 Å². The third-order valence-corrected chi connectivity index (χ3v) is 3.77. The van der Waals surface area contributed by atoms with Crippen molar-refractivity contribution in [3.63, 3.8) is 0 Å². The van der Waals surface area contributed by atoms with Crippen LogP contribution in [-0.2, 0) is 5.75 Å². The number of pyridine rings is 1. The van der Waals surface area contributed by atoms with Crippen molar-refractivity contribution >= 4 is 11.8 Å². The average Bonchev–Trinajstić information content (AvgIpc) is 2.54. The van der Waals surface area contributed by atoms with E-state index in [-0.39, 0.29) is 5.88 Å². The summed E-state index contributed by atoms with van der Waals surface area (Å²) in [5.41, 5.74) is 2.77. The van der Waals surface area contributed by atoms with E-state index < -0.39 is 0 Å². The Balaban J connectivity index is 1.82. The first-order valence-electron chi connectivity index (χ1n) is 6.46. The number of benzene rings is 1. The summed E-state index contributed by atoms with van der Waals surface area (Å²) < 4.78 is 0. The Morgan fingerprint density at radius 2 is 1.86 bits per heavy atom. The number of thioether (sulfide) groups is 1. The molecule has 3 aromatic rings. The van der Waals surface area contributed by atoms with Crippen LogP contribution >= 0.6 is 11.8 Å². The van der Waals surface area contributed by atoms with Crippen molar-refractivity contribution in [3.8, 4) is 17.1 Å². The molecule has 3 rings (SSSR count). The van der Waals surface area contributed by atoms with Crippen LogP contribution in [-0.4, -0.2) is 20.1 Å². The third kappa shape index (κ3) is 3.58. The molecule has 1 N–H and O–H groups in total. The van der Waals surface area contributed by atoms with Gasteiger partial charge in [-0.25, -0.2) is 4.98 Å². The molecule has 2 aromatic heterocycles. The fourth-order valence-corrected chi connectivity index (χ4v) is 2.65. The van der Waals surface area contributed by atoms with E-state index in [1.54, 1.807) is 12.3 Å². The van der Waals surface area contributed by atoms with E-state index in [4.69, 9.17) is 0 Å².